The summed E-state index contributed by atoms with van der Waals surface area (Å²) in [5, 5.41) is 5.72. The standard InChI is InChI=1S/C21H23N5O3/c1-15-4-3-7-26-13-18(24-20(15)26)21(28)23-17-6-2-5-16(12-17)22-19(27)14-25-8-10-29-11-9-25/h2-7,12-13H,8-11,14H2,1H3,(H,22,27)(H,23,28). The molecule has 8 nitrogen and oxygen atoms in total. The molecule has 0 radical (unpaired) electrons. The highest BCUT2D eigenvalue weighted by atomic mass is 16.5. The summed E-state index contributed by atoms with van der Waals surface area (Å²) in [4.78, 5) is 31.3. The number of nitrogens with zero attached hydrogens (tertiary/aromatic N) is 3. The first-order valence-electron chi connectivity index (χ1n) is 9.54. The van der Waals surface area contributed by atoms with Crippen LogP contribution in [0.15, 0.2) is 48.8 Å². The summed E-state index contributed by atoms with van der Waals surface area (Å²) in [6.07, 6.45) is 3.56. The van der Waals surface area contributed by atoms with Crippen molar-refractivity contribution in [1.29, 1.82) is 0 Å². The quantitative estimate of drug-likeness (QED) is 0.694. The Bertz CT molecular complexity index is 1040. The van der Waals surface area contributed by atoms with Crippen LogP contribution in [0.25, 0.3) is 5.65 Å². The third-order valence-electron chi connectivity index (χ3n) is 4.79. The molecule has 3 heterocycles. The number of imidazole rings is 1. The van der Waals surface area contributed by atoms with Gasteiger partial charge < -0.3 is 19.8 Å². The predicted octanol–water partition coefficient (Wildman–Crippen LogP) is 2.17. The van der Waals surface area contributed by atoms with Crippen LogP contribution in [0.4, 0.5) is 11.4 Å². The van der Waals surface area contributed by atoms with Crippen molar-refractivity contribution in [2.45, 2.75) is 6.92 Å². The van der Waals surface area contributed by atoms with Gasteiger partial charge in [0.25, 0.3) is 5.91 Å². The van der Waals surface area contributed by atoms with Crippen molar-refractivity contribution in [1.82, 2.24) is 14.3 Å². The molecule has 1 aliphatic rings. The van der Waals surface area contributed by atoms with Gasteiger partial charge in [-0.2, -0.15) is 0 Å². The molecule has 0 aliphatic carbocycles. The lowest BCUT2D eigenvalue weighted by Crippen LogP contribution is -2.41. The number of pyridine rings is 1. The number of nitrogens with one attached hydrogen (secondary N) is 2. The van der Waals surface area contributed by atoms with Gasteiger partial charge in [0.2, 0.25) is 5.91 Å². The van der Waals surface area contributed by atoms with Gasteiger partial charge in [-0.1, -0.05) is 12.1 Å². The van der Waals surface area contributed by atoms with E-state index < -0.39 is 0 Å². The molecule has 1 aromatic carbocycles. The van der Waals surface area contributed by atoms with Gasteiger partial charge in [0.05, 0.1) is 19.8 Å². The first-order chi connectivity index (χ1) is 14.1. The number of hydrogen-bond acceptors (Lipinski definition) is 5. The molecule has 150 valence electrons. The number of ether oxygens (including phenoxy) is 1. The number of aryl methyl sites for hydroxylation is 1. The van der Waals surface area contributed by atoms with Crippen molar-refractivity contribution in [3.63, 3.8) is 0 Å². The average Bonchev–Trinajstić information content (AvgIpc) is 3.15. The maximum Gasteiger partial charge on any atom is 0.275 e. The highest BCUT2D eigenvalue weighted by Crippen LogP contribution is 2.17. The van der Waals surface area contributed by atoms with Gasteiger partial charge in [-0.25, -0.2) is 4.98 Å². The topological polar surface area (TPSA) is 88.0 Å². The average molecular weight is 393 g/mol. The molecular formula is C21H23N5O3. The lowest BCUT2D eigenvalue weighted by Gasteiger charge is -2.25. The number of aromatic nitrogens is 2. The number of fused-ring (bicyclic) bond motifs is 1. The van der Waals surface area contributed by atoms with Crippen molar-refractivity contribution < 1.29 is 14.3 Å². The van der Waals surface area contributed by atoms with Gasteiger partial charge >= 0.3 is 0 Å². The molecule has 29 heavy (non-hydrogen) atoms. The van der Waals surface area contributed by atoms with E-state index in [1.54, 1.807) is 30.5 Å². The molecule has 1 fully saturated rings. The second kappa shape index (κ2) is 8.42. The van der Waals surface area contributed by atoms with E-state index in [0.717, 1.165) is 24.3 Å². The van der Waals surface area contributed by atoms with E-state index in [1.165, 1.54) is 0 Å². The number of anilines is 2. The van der Waals surface area contributed by atoms with Crippen molar-refractivity contribution >= 4 is 28.8 Å². The van der Waals surface area contributed by atoms with Gasteiger partial charge in [0.15, 0.2) is 0 Å². The Morgan fingerprint density at radius 1 is 1.10 bits per heavy atom. The van der Waals surface area contributed by atoms with E-state index in [9.17, 15) is 9.59 Å². The second-order valence-corrected chi connectivity index (χ2v) is 7.02. The zero-order valence-corrected chi connectivity index (χ0v) is 16.2. The van der Waals surface area contributed by atoms with E-state index in [0.29, 0.717) is 36.8 Å². The Morgan fingerprint density at radius 3 is 2.62 bits per heavy atom. The SMILES string of the molecule is Cc1cccn2cc(C(=O)Nc3cccc(NC(=O)CN4CCOCC4)c3)nc12. The molecule has 2 aromatic heterocycles. The van der Waals surface area contributed by atoms with Gasteiger partial charge in [-0.3, -0.25) is 14.5 Å². The minimum absolute atomic E-state index is 0.0915. The molecule has 2 N–H and O–H groups in total. The van der Waals surface area contributed by atoms with Crippen molar-refractivity contribution in [2.24, 2.45) is 0 Å². The predicted molar refractivity (Wildman–Crippen MR) is 110 cm³/mol. The molecule has 0 unspecified atom stereocenters. The largest absolute Gasteiger partial charge is 0.379 e. The van der Waals surface area contributed by atoms with E-state index in [4.69, 9.17) is 4.74 Å². The van der Waals surface area contributed by atoms with Crippen LogP contribution in [-0.4, -0.2) is 58.9 Å². The molecule has 1 aliphatic heterocycles. The number of rotatable bonds is 5. The van der Waals surface area contributed by atoms with Crippen LogP contribution in [0.5, 0.6) is 0 Å². The van der Waals surface area contributed by atoms with Crippen molar-refractivity contribution in [3.05, 3.63) is 60.0 Å². The van der Waals surface area contributed by atoms with Crippen molar-refractivity contribution in [2.75, 3.05) is 43.5 Å². The monoisotopic (exact) mass is 393 g/mol. The maximum atomic E-state index is 12.6. The van der Waals surface area contributed by atoms with Gasteiger partial charge in [0, 0.05) is 36.9 Å². The number of hydrogen-bond donors (Lipinski definition) is 2. The fourth-order valence-electron chi connectivity index (χ4n) is 3.30. The molecule has 0 bridgehead atoms. The first kappa shape index (κ1) is 19.1. The van der Waals surface area contributed by atoms with Crippen LogP contribution in [0, 0.1) is 6.92 Å². The molecule has 4 rings (SSSR count). The summed E-state index contributed by atoms with van der Waals surface area (Å²) in [7, 11) is 0. The first-order valence-corrected chi connectivity index (χ1v) is 9.54. The highest BCUT2D eigenvalue weighted by molar-refractivity contribution is 6.03. The molecule has 0 atom stereocenters. The Balaban J connectivity index is 1.40. The maximum absolute atomic E-state index is 12.6. The summed E-state index contributed by atoms with van der Waals surface area (Å²) < 4.78 is 7.12. The van der Waals surface area contributed by atoms with E-state index in [2.05, 4.69) is 20.5 Å². The van der Waals surface area contributed by atoms with Crippen LogP contribution in [0.2, 0.25) is 0 Å². The smallest absolute Gasteiger partial charge is 0.275 e. The lowest BCUT2D eigenvalue weighted by molar-refractivity contribution is -0.118. The molecule has 8 heteroatoms. The molecule has 0 saturated carbocycles. The fourth-order valence-corrected chi connectivity index (χ4v) is 3.30. The van der Waals surface area contributed by atoms with Crippen LogP contribution < -0.4 is 10.6 Å². The number of carbonyl (C=O) groups is 2. The molecule has 0 spiro atoms. The van der Waals surface area contributed by atoms with Crippen molar-refractivity contribution in [3.8, 4) is 0 Å². The number of carbonyl (C=O) groups excluding carboxylic acids is 2. The van der Waals surface area contributed by atoms with Crippen LogP contribution in [0.3, 0.4) is 0 Å². The Kier molecular flexibility index (Phi) is 5.55. The summed E-state index contributed by atoms with van der Waals surface area (Å²) in [6.45, 7) is 5.08. The molecule has 1 saturated heterocycles. The van der Waals surface area contributed by atoms with Crippen LogP contribution >= 0.6 is 0 Å². The van der Waals surface area contributed by atoms with E-state index in [-0.39, 0.29) is 11.8 Å². The zero-order valence-electron chi connectivity index (χ0n) is 16.2. The zero-order chi connectivity index (χ0) is 20.2. The normalized spacial score (nSPS) is 14.7. The van der Waals surface area contributed by atoms with Gasteiger partial charge in [-0.15, -0.1) is 0 Å². The van der Waals surface area contributed by atoms with E-state index in [1.807, 2.05) is 29.7 Å². The van der Waals surface area contributed by atoms with Crippen LogP contribution in [0.1, 0.15) is 16.1 Å². The minimum Gasteiger partial charge on any atom is -0.379 e. The van der Waals surface area contributed by atoms with Crippen LogP contribution in [-0.2, 0) is 9.53 Å². The number of amides is 2. The second-order valence-electron chi connectivity index (χ2n) is 7.02. The number of benzene rings is 1. The highest BCUT2D eigenvalue weighted by Gasteiger charge is 2.15. The Morgan fingerprint density at radius 2 is 1.86 bits per heavy atom. The third-order valence-corrected chi connectivity index (χ3v) is 4.79. The minimum atomic E-state index is -0.301. The Hall–Kier alpha value is -3.23. The summed E-state index contributed by atoms with van der Waals surface area (Å²) >= 11 is 0. The molecule has 2 amide bonds. The lowest BCUT2D eigenvalue weighted by atomic mass is 10.2. The summed E-state index contributed by atoms with van der Waals surface area (Å²) in [6, 6.07) is 10.9. The van der Waals surface area contributed by atoms with Gasteiger partial charge in [0.1, 0.15) is 11.3 Å². The fraction of sp³-hybridized carbons (Fsp3) is 0.286. The number of morpholine rings is 1. The molecule has 3 aromatic rings. The summed E-state index contributed by atoms with van der Waals surface area (Å²) in [5.41, 5.74) is 3.30. The Labute approximate surface area is 168 Å². The van der Waals surface area contributed by atoms with E-state index >= 15 is 0 Å². The summed E-state index contributed by atoms with van der Waals surface area (Å²) in [5.74, 6) is -0.393. The molecular weight excluding hydrogens is 370 g/mol. The van der Waals surface area contributed by atoms with Gasteiger partial charge in [-0.05, 0) is 36.8 Å². The third kappa shape index (κ3) is 4.61.